The van der Waals surface area contributed by atoms with E-state index in [1.165, 1.54) is 12.3 Å². The van der Waals surface area contributed by atoms with Crippen LogP contribution in [0.4, 0.5) is 13.2 Å². The van der Waals surface area contributed by atoms with Gasteiger partial charge in [0, 0.05) is 12.6 Å². The fourth-order valence-electron chi connectivity index (χ4n) is 2.04. The van der Waals surface area contributed by atoms with E-state index in [-0.39, 0.29) is 12.6 Å². The topological polar surface area (TPSA) is 64.5 Å². The Bertz CT molecular complexity index is 680. The minimum absolute atomic E-state index is 0.0458. The molecule has 1 aromatic heterocycles. The van der Waals surface area contributed by atoms with Crippen LogP contribution in [0.3, 0.4) is 0 Å². The number of hydrogen-bond acceptors (Lipinski definition) is 5. The first kappa shape index (κ1) is 19.0. The Labute approximate surface area is 143 Å². The molecule has 0 fully saturated rings. The number of hydrogen-bond donors (Lipinski definition) is 1. The molecule has 0 aliphatic rings. The Hall–Kier alpha value is -2.35. The maximum atomic E-state index is 12.2. The molecule has 0 spiro atoms. The molecule has 5 nitrogen and oxygen atoms in total. The van der Waals surface area contributed by atoms with Crippen LogP contribution >= 0.6 is 0 Å². The van der Waals surface area contributed by atoms with E-state index in [0.717, 1.165) is 5.56 Å². The molecule has 8 heteroatoms. The van der Waals surface area contributed by atoms with Crippen LogP contribution in [0.2, 0.25) is 0 Å². The summed E-state index contributed by atoms with van der Waals surface area (Å²) >= 11 is 0. The molecular weight excluding hydrogens is 337 g/mol. The van der Waals surface area contributed by atoms with E-state index in [9.17, 15) is 18.3 Å². The lowest BCUT2D eigenvalue weighted by Crippen LogP contribution is -2.20. The van der Waals surface area contributed by atoms with Gasteiger partial charge in [-0.3, -0.25) is 0 Å². The molecule has 25 heavy (non-hydrogen) atoms. The highest BCUT2D eigenvalue weighted by Gasteiger charge is 2.29. The van der Waals surface area contributed by atoms with Crippen LogP contribution in [-0.2, 0) is 13.0 Å². The largest absolute Gasteiger partial charge is 0.487 e. The minimum atomic E-state index is -4.45. The van der Waals surface area contributed by atoms with Gasteiger partial charge in [-0.25, -0.2) is 4.98 Å². The Balaban J connectivity index is 2.00. The van der Waals surface area contributed by atoms with Crippen molar-refractivity contribution in [1.82, 2.24) is 9.97 Å². The highest BCUT2D eigenvalue weighted by Crippen LogP contribution is 2.22. The van der Waals surface area contributed by atoms with Gasteiger partial charge in [-0.05, 0) is 24.1 Å². The van der Waals surface area contributed by atoms with Gasteiger partial charge in [-0.15, -0.1) is 0 Å². The Morgan fingerprint density at radius 2 is 1.92 bits per heavy atom. The summed E-state index contributed by atoms with van der Waals surface area (Å²) < 4.78 is 46.7. The number of aliphatic hydroxyl groups excluding tert-OH is 1. The molecule has 0 aliphatic heterocycles. The number of ether oxygens (including phenoxy) is 2. The molecule has 0 saturated heterocycles. The van der Waals surface area contributed by atoms with E-state index in [2.05, 4.69) is 14.7 Å². The Kier molecular flexibility index (Phi) is 6.58. The van der Waals surface area contributed by atoms with Gasteiger partial charge >= 0.3 is 12.2 Å². The van der Waals surface area contributed by atoms with Crippen LogP contribution in [-0.4, -0.2) is 34.0 Å². The molecule has 0 aliphatic carbocycles. The van der Waals surface area contributed by atoms with Crippen LogP contribution < -0.4 is 9.47 Å². The minimum Gasteiger partial charge on any atom is -0.487 e. The highest BCUT2D eigenvalue weighted by atomic mass is 19.4. The fourth-order valence-corrected chi connectivity index (χ4v) is 2.04. The van der Waals surface area contributed by atoms with Crippen LogP contribution in [0.25, 0.3) is 0 Å². The predicted octanol–water partition coefficient (Wildman–Crippen LogP) is 3.31. The van der Waals surface area contributed by atoms with Gasteiger partial charge < -0.3 is 14.6 Å². The lowest BCUT2D eigenvalue weighted by Gasteiger charge is -2.14. The first-order valence-corrected chi connectivity index (χ1v) is 7.77. The Morgan fingerprint density at radius 3 is 2.64 bits per heavy atom. The second-order valence-corrected chi connectivity index (χ2v) is 5.40. The average molecular weight is 356 g/mol. The zero-order chi connectivity index (χ0) is 18.3. The van der Waals surface area contributed by atoms with Gasteiger partial charge in [0.1, 0.15) is 12.4 Å². The lowest BCUT2D eigenvalue weighted by molar-refractivity contribution is -0.154. The number of rotatable bonds is 8. The summed E-state index contributed by atoms with van der Waals surface area (Å²) in [5.74, 6) is 0.589. The maximum absolute atomic E-state index is 12.2. The summed E-state index contributed by atoms with van der Waals surface area (Å²) in [6.45, 7) is 0.483. The third kappa shape index (κ3) is 6.58. The molecule has 1 heterocycles. The monoisotopic (exact) mass is 356 g/mol. The van der Waals surface area contributed by atoms with Crippen molar-refractivity contribution in [1.29, 1.82) is 0 Å². The van der Waals surface area contributed by atoms with Crippen molar-refractivity contribution in [3.63, 3.8) is 0 Å². The summed E-state index contributed by atoms with van der Waals surface area (Å²) in [6, 6.07) is 8.44. The first-order chi connectivity index (χ1) is 11.9. The Morgan fingerprint density at radius 1 is 1.16 bits per heavy atom. The lowest BCUT2D eigenvalue weighted by atomic mass is 10.1. The van der Waals surface area contributed by atoms with Crippen molar-refractivity contribution in [2.24, 2.45) is 0 Å². The van der Waals surface area contributed by atoms with E-state index >= 15 is 0 Å². The van der Waals surface area contributed by atoms with Crippen LogP contribution in [0.5, 0.6) is 11.8 Å². The first-order valence-electron chi connectivity index (χ1n) is 7.77. The van der Waals surface area contributed by atoms with Crippen molar-refractivity contribution in [3.8, 4) is 11.8 Å². The van der Waals surface area contributed by atoms with Crippen molar-refractivity contribution >= 4 is 0 Å². The van der Waals surface area contributed by atoms with Crippen LogP contribution in [0.15, 0.2) is 36.5 Å². The zero-order valence-corrected chi connectivity index (χ0v) is 13.7. The molecule has 1 aromatic carbocycles. The second-order valence-electron chi connectivity index (χ2n) is 5.40. The van der Waals surface area contributed by atoms with Crippen molar-refractivity contribution < 1.29 is 27.8 Å². The van der Waals surface area contributed by atoms with Gasteiger partial charge in [-0.2, -0.15) is 18.2 Å². The molecular formula is C17H19F3N2O3. The zero-order valence-electron chi connectivity index (χ0n) is 13.7. The SMILES string of the molecule is CC[C@@H](O)Cc1ccccc1OCc1ccnc(OCC(F)(F)F)n1. The molecule has 1 N–H and O–H groups in total. The van der Waals surface area contributed by atoms with Crippen molar-refractivity contribution in [2.45, 2.75) is 38.7 Å². The van der Waals surface area contributed by atoms with Gasteiger partial charge in [0.05, 0.1) is 11.8 Å². The van der Waals surface area contributed by atoms with Crippen LogP contribution in [0, 0.1) is 0 Å². The van der Waals surface area contributed by atoms with E-state index < -0.39 is 18.9 Å². The molecule has 136 valence electrons. The highest BCUT2D eigenvalue weighted by molar-refractivity contribution is 5.34. The number of benzene rings is 1. The quantitative estimate of drug-likeness (QED) is 0.786. The summed E-state index contributed by atoms with van der Waals surface area (Å²) in [5.41, 5.74) is 1.23. The smallest absolute Gasteiger partial charge is 0.422 e. The molecule has 0 radical (unpaired) electrons. The number of para-hydroxylation sites is 1. The van der Waals surface area contributed by atoms with Crippen molar-refractivity contribution in [3.05, 3.63) is 47.8 Å². The molecule has 2 rings (SSSR count). The number of alkyl halides is 3. The van der Waals surface area contributed by atoms with Gasteiger partial charge in [0.15, 0.2) is 6.61 Å². The number of aromatic nitrogens is 2. The molecule has 0 amide bonds. The van der Waals surface area contributed by atoms with E-state index in [4.69, 9.17) is 4.74 Å². The molecule has 0 bridgehead atoms. The normalized spacial score (nSPS) is 12.7. The summed E-state index contributed by atoms with van der Waals surface area (Å²) in [5, 5.41) is 9.80. The molecule has 2 aromatic rings. The number of halogens is 3. The molecule has 0 saturated carbocycles. The van der Waals surface area contributed by atoms with E-state index in [1.807, 2.05) is 19.1 Å². The van der Waals surface area contributed by atoms with Gasteiger partial charge in [0.25, 0.3) is 0 Å². The molecule has 1 atom stereocenters. The van der Waals surface area contributed by atoms with Crippen LogP contribution in [0.1, 0.15) is 24.6 Å². The number of nitrogens with zero attached hydrogens (tertiary/aromatic N) is 2. The fraction of sp³-hybridized carbons (Fsp3) is 0.412. The third-order valence-corrected chi connectivity index (χ3v) is 3.33. The summed E-state index contributed by atoms with van der Waals surface area (Å²) in [7, 11) is 0. The third-order valence-electron chi connectivity index (χ3n) is 3.33. The number of aliphatic hydroxyl groups is 1. The predicted molar refractivity (Wildman–Crippen MR) is 84.4 cm³/mol. The van der Waals surface area contributed by atoms with Gasteiger partial charge in [0.2, 0.25) is 0 Å². The average Bonchev–Trinajstić information content (AvgIpc) is 2.59. The van der Waals surface area contributed by atoms with E-state index in [1.54, 1.807) is 12.1 Å². The van der Waals surface area contributed by atoms with E-state index in [0.29, 0.717) is 24.3 Å². The second kappa shape index (κ2) is 8.66. The van der Waals surface area contributed by atoms with Crippen molar-refractivity contribution in [2.75, 3.05) is 6.61 Å². The molecule has 0 unspecified atom stereocenters. The maximum Gasteiger partial charge on any atom is 0.422 e. The standard InChI is InChI=1S/C17H19F3N2O3/c1-2-14(23)9-12-5-3-4-6-15(12)24-10-13-7-8-21-16(22-13)25-11-17(18,19)20/h3-8,14,23H,2,9-11H2,1H3/t14-/m1/s1. The summed E-state index contributed by atoms with van der Waals surface area (Å²) in [4.78, 5) is 7.53. The summed E-state index contributed by atoms with van der Waals surface area (Å²) in [6.07, 6.45) is -2.53. The van der Waals surface area contributed by atoms with Gasteiger partial charge in [-0.1, -0.05) is 25.1 Å².